The van der Waals surface area contributed by atoms with E-state index in [1.54, 1.807) is 4.90 Å². The van der Waals surface area contributed by atoms with E-state index < -0.39 is 0 Å². The molecule has 2 atom stereocenters. The van der Waals surface area contributed by atoms with Crippen LogP contribution in [0, 0.1) is 5.92 Å². The van der Waals surface area contributed by atoms with Gasteiger partial charge in [0.25, 0.3) is 0 Å². The largest absolute Gasteiger partial charge is 0.494 e. The summed E-state index contributed by atoms with van der Waals surface area (Å²) in [5.74, 6) is 0.255. The minimum Gasteiger partial charge on any atom is -0.494 e. The van der Waals surface area contributed by atoms with E-state index in [9.17, 15) is 9.59 Å². The maximum Gasteiger partial charge on any atom is 0.231 e. The predicted molar refractivity (Wildman–Crippen MR) is 114 cm³/mol. The SMILES string of the molecule is CCOc1ccc2nc(NC(=O)[C@H]3CC(=O)N([C@@H](C)c4ccccc4)C3)sc2c1. The molecule has 7 heteroatoms. The van der Waals surface area contributed by atoms with Crippen molar-refractivity contribution in [1.82, 2.24) is 9.88 Å². The molecule has 2 aromatic carbocycles. The number of carbonyl (C=O) groups excluding carboxylic acids is 2. The molecule has 2 amide bonds. The molecule has 0 spiro atoms. The van der Waals surface area contributed by atoms with Crippen molar-refractivity contribution in [2.45, 2.75) is 26.3 Å². The normalized spacial score (nSPS) is 17.5. The van der Waals surface area contributed by atoms with Gasteiger partial charge in [0, 0.05) is 13.0 Å². The zero-order valence-corrected chi connectivity index (χ0v) is 17.2. The molecule has 1 aromatic heterocycles. The number of carbonyl (C=O) groups is 2. The van der Waals surface area contributed by atoms with Crippen LogP contribution in [-0.4, -0.2) is 34.8 Å². The van der Waals surface area contributed by atoms with E-state index in [1.165, 1.54) is 11.3 Å². The molecule has 6 nitrogen and oxygen atoms in total. The number of likely N-dealkylation sites (tertiary alicyclic amines) is 1. The molecular weight excluding hydrogens is 386 g/mol. The number of hydrogen-bond donors (Lipinski definition) is 1. The Kier molecular flexibility index (Phi) is 5.49. The summed E-state index contributed by atoms with van der Waals surface area (Å²) in [7, 11) is 0. The first-order chi connectivity index (χ1) is 14.0. The molecule has 0 aliphatic carbocycles. The highest BCUT2D eigenvalue weighted by atomic mass is 32.1. The van der Waals surface area contributed by atoms with Crippen molar-refractivity contribution in [1.29, 1.82) is 0 Å². The van der Waals surface area contributed by atoms with Gasteiger partial charge in [-0.15, -0.1) is 0 Å². The Hall–Kier alpha value is -2.93. The van der Waals surface area contributed by atoms with Crippen LogP contribution in [0.3, 0.4) is 0 Å². The van der Waals surface area contributed by atoms with Crippen molar-refractivity contribution in [3.05, 3.63) is 54.1 Å². The van der Waals surface area contributed by atoms with Crippen LogP contribution in [0.15, 0.2) is 48.5 Å². The van der Waals surface area contributed by atoms with Gasteiger partial charge in [-0.1, -0.05) is 41.7 Å². The smallest absolute Gasteiger partial charge is 0.231 e. The summed E-state index contributed by atoms with van der Waals surface area (Å²) in [4.78, 5) is 31.5. The summed E-state index contributed by atoms with van der Waals surface area (Å²) in [5, 5.41) is 3.44. The fraction of sp³-hybridized carbons (Fsp3) is 0.318. The van der Waals surface area contributed by atoms with Crippen LogP contribution in [0.25, 0.3) is 10.2 Å². The summed E-state index contributed by atoms with van der Waals surface area (Å²) < 4.78 is 6.47. The van der Waals surface area contributed by atoms with Gasteiger partial charge in [-0.05, 0) is 37.6 Å². The molecule has 0 unspecified atom stereocenters. The quantitative estimate of drug-likeness (QED) is 0.661. The average molecular weight is 410 g/mol. The Morgan fingerprint density at radius 1 is 1.31 bits per heavy atom. The van der Waals surface area contributed by atoms with Gasteiger partial charge in [0.1, 0.15) is 5.75 Å². The maximum absolute atomic E-state index is 12.8. The number of ether oxygens (including phenoxy) is 1. The maximum atomic E-state index is 12.8. The number of nitrogens with one attached hydrogen (secondary N) is 1. The van der Waals surface area contributed by atoms with Crippen LogP contribution in [0.1, 0.15) is 31.9 Å². The van der Waals surface area contributed by atoms with E-state index in [1.807, 2.05) is 62.4 Å². The molecule has 150 valence electrons. The Morgan fingerprint density at radius 2 is 2.10 bits per heavy atom. The van der Waals surface area contributed by atoms with Crippen molar-refractivity contribution in [2.75, 3.05) is 18.5 Å². The highest BCUT2D eigenvalue weighted by molar-refractivity contribution is 7.22. The van der Waals surface area contributed by atoms with Gasteiger partial charge in [-0.25, -0.2) is 4.98 Å². The van der Waals surface area contributed by atoms with Crippen LogP contribution < -0.4 is 10.1 Å². The van der Waals surface area contributed by atoms with Gasteiger partial charge < -0.3 is 15.0 Å². The monoisotopic (exact) mass is 409 g/mol. The third kappa shape index (κ3) is 4.10. The van der Waals surface area contributed by atoms with E-state index in [0.717, 1.165) is 21.5 Å². The number of hydrogen-bond acceptors (Lipinski definition) is 5. The molecule has 1 aliphatic rings. The van der Waals surface area contributed by atoms with Crippen LogP contribution >= 0.6 is 11.3 Å². The number of benzene rings is 2. The zero-order valence-electron chi connectivity index (χ0n) is 16.4. The average Bonchev–Trinajstić information content (AvgIpc) is 3.31. The third-order valence-electron chi connectivity index (χ3n) is 5.18. The first-order valence-electron chi connectivity index (χ1n) is 9.74. The van der Waals surface area contributed by atoms with E-state index in [4.69, 9.17) is 4.74 Å². The molecule has 3 aromatic rings. The third-order valence-corrected chi connectivity index (χ3v) is 6.11. The van der Waals surface area contributed by atoms with Crippen LogP contribution in [0.2, 0.25) is 0 Å². The van der Waals surface area contributed by atoms with Gasteiger partial charge in [-0.2, -0.15) is 0 Å². The molecule has 4 rings (SSSR count). The molecule has 0 radical (unpaired) electrons. The first kappa shape index (κ1) is 19.4. The van der Waals surface area contributed by atoms with Crippen molar-refractivity contribution < 1.29 is 14.3 Å². The second-order valence-corrected chi connectivity index (χ2v) is 8.14. The molecule has 1 saturated heterocycles. The Bertz CT molecular complexity index is 1030. The first-order valence-corrected chi connectivity index (χ1v) is 10.6. The highest BCUT2D eigenvalue weighted by Gasteiger charge is 2.37. The number of aromatic nitrogens is 1. The van der Waals surface area contributed by atoms with Crippen molar-refractivity contribution in [3.63, 3.8) is 0 Å². The van der Waals surface area contributed by atoms with E-state index in [-0.39, 0.29) is 30.2 Å². The van der Waals surface area contributed by atoms with Crippen molar-refractivity contribution in [2.24, 2.45) is 5.92 Å². The molecule has 1 aliphatic heterocycles. The van der Waals surface area contributed by atoms with Gasteiger partial charge in [0.05, 0.1) is 28.8 Å². The van der Waals surface area contributed by atoms with Crippen LogP contribution in [-0.2, 0) is 9.59 Å². The minimum absolute atomic E-state index is 0.00663. The summed E-state index contributed by atoms with van der Waals surface area (Å²) in [5.41, 5.74) is 1.88. The Morgan fingerprint density at radius 3 is 2.86 bits per heavy atom. The summed E-state index contributed by atoms with van der Waals surface area (Å²) in [6.45, 7) is 4.95. The van der Waals surface area contributed by atoms with Crippen LogP contribution in [0.5, 0.6) is 5.75 Å². The van der Waals surface area contributed by atoms with E-state index in [2.05, 4.69) is 10.3 Å². The van der Waals surface area contributed by atoms with Gasteiger partial charge in [-0.3, -0.25) is 9.59 Å². The number of thiazole rings is 1. The number of fused-ring (bicyclic) bond motifs is 1. The standard InChI is InChI=1S/C22H23N3O3S/c1-3-28-17-9-10-18-19(12-17)29-22(23-18)24-21(27)16-11-20(26)25(13-16)14(2)15-7-5-4-6-8-15/h4-10,12,14,16H,3,11,13H2,1-2H3,(H,23,24,27)/t14-,16-/m0/s1. The number of nitrogens with zero attached hydrogens (tertiary/aromatic N) is 2. The zero-order chi connectivity index (χ0) is 20.4. The van der Waals surface area contributed by atoms with Gasteiger partial charge in [0.15, 0.2) is 5.13 Å². The summed E-state index contributed by atoms with van der Waals surface area (Å²) in [6, 6.07) is 15.5. The second-order valence-electron chi connectivity index (χ2n) is 7.10. The molecular formula is C22H23N3O3S. The molecule has 0 bridgehead atoms. The van der Waals surface area contributed by atoms with Crippen molar-refractivity contribution in [3.8, 4) is 5.75 Å². The van der Waals surface area contributed by atoms with Gasteiger partial charge >= 0.3 is 0 Å². The number of rotatable bonds is 6. The number of anilines is 1. The Balaban J connectivity index is 1.44. The topological polar surface area (TPSA) is 71.5 Å². The fourth-order valence-electron chi connectivity index (χ4n) is 3.62. The molecule has 1 fully saturated rings. The Labute approximate surface area is 173 Å². The lowest BCUT2D eigenvalue weighted by Crippen LogP contribution is -2.30. The molecule has 2 heterocycles. The van der Waals surface area contributed by atoms with E-state index >= 15 is 0 Å². The second kappa shape index (κ2) is 8.21. The lowest BCUT2D eigenvalue weighted by molar-refractivity contribution is -0.129. The molecule has 1 N–H and O–H groups in total. The lowest BCUT2D eigenvalue weighted by atomic mass is 10.1. The molecule has 0 saturated carbocycles. The summed E-state index contributed by atoms with van der Waals surface area (Å²) >= 11 is 1.41. The number of amides is 2. The fourth-order valence-corrected chi connectivity index (χ4v) is 4.51. The molecule has 29 heavy (non-hydrogen) atoms. The van der Waals surface area contributed by atoms with E-state index in [0.29, 0.717) is 18.3 Å². The van der Waals surface area contributed by atoms with Crippen molar-refractivity contribution >= 4 is 38.5 Å². The van der Waals surface area contributed by atoms with Gasteiger partial charge in [0.2, 0.25) is 11.8 Å². The predicted octanol–water partition coefficient (Wildman–Crippen LogP) is 4.24. The minimum atomic E-state index is -0.375. The lowest BCUT2D eigenvalue weighted by Gasteiger charge is -2.25. The highest BCUT2D eigenvalue weighted by Crippen LogP contribution is 2.32. The van der Waals surface area contributed by atoms with Crippen LogP contribution in [0.4, 0.5) is 5.13 Å². The summed E-state index contributed by atoms with van der Waals surface area (Å²) in [6.07, 6.45) is 0.225.